The van der Waals surface area contributed by atoms with Crippen LogP contribution in [0.5, 0.6) is 0 Å². The SMILES string of the molecule is Cn1nc(N2CCC(=O)NC2=O)c2ccc(N3CCN(CC(=O)N4CCN(c5ccc(-c6cc(F)c7c(c6)C(=O)N(C(C(=O)Nc6nccs6)c6cccc(F)c6)C7)cc5)CC4)CC3)cc21. The van der Waals surface area contributed by atoms with Gasteiger partial charge in [-0.3, -0.25) is 44.3 Å². The normalized spacial score (nSPS) is 17.4. The molecule has 19 heteroatoms. The van der Waals surface area contributed by atoms with Gasteiger partial charge >= 0.3 is 6.03 Å². The summed E-state index contributed by atoms with van der Waals surface area (Å²) in [5, 5.41) is 12.5. The maximum absolute atomic E-state index is 15.8. The number of amides is 6. The van der Waals surface area contributed by atoms with Gasteiger partial charge in [-0.1, -0.05) is 24.3 Å². The standard InChI is InChI=1S/C47H45F2N11O5S/c1-54-39-26-34(9-10-35(39)43(53-54)59-13-11-40(61)51-47(59)65)57-16-14-55(15-17-57)28-41(62)58-20-18-56(19-21-58)33-7-5-29(6-8-33)31-24-36-37(38(49)25-31)27-60(45(36)64)42(30-3-2-4-32(48)23-30)44(63)52-46-50-12-22-66-46/h2-10,12,22-26,42H,11,13-21,27-28H2,1H3,(H,50,52,63)(H,51,61,65). The third-order valence-electron chi connectivity index (χ3n) is 12.8. The van der Waals surface area contributed by atoms with E-state index < -0.39 is 35.5 Å². The molecule has 6 amide bonds. The van der Waals surface area contributed by atoms with Crippen LogP contribution in [-0.2, 0) is 28.0 Å². The maximum Gasteiger partial charge on any atom is 0.329 e. The molecule has 2 aromatic heterocycles. The van der Waals surface area contributed by atoms with E-state index in [-0.39, 0.29) is 48.0 Å². The molecule has 3 fully saturated rings. The van der Waals surface area contributed by atoms with E-state index in [4.69, 9.17) is 0 Å². The van der Waals surface area contributed by atoms with Crippen molar-refractivity contribution in [1.82, 2.24) is 34.8 Å². The number of nitrogens with zero attached hydrogens (tertiary/aromatic N) is 9. The summed E-state index contributed by atoms with van der Waals surface area (Å²) in [5.41, 5.74) is 4.66. The maximum atomic E-state index is 15.8. The zero-order valence-electron chi connectivity index (χ0n) is 36.0. The van der Waals surface area contributed by atoms with Crippen LogP contribution in [0, 0.1) is 11.6 Å². The van der Waals surface area contributed by atoms with E-state index in [1.807, 2.05) is 48.3 Å². The van der Waals surface area contributed by atoms with Crippen molar-refractivity contribution in [2.75, 3.05) is 85.5 Å². The highest BCUT2D eigenvalue weighted by atomic mass is 32.1. The fourth-order valence-electron chi connectivity index (χ4n) is 9.29. The lowest BCUT2D eigenvalue weighted by Gasteiger charge is -2.39. The van der Waals surface area contributed by atoms with E-state index in [1.165, 1.54) is 51.6 Å². The Balaban J connectivity index is 0.731. The Bertz CT molecular complexity index is 2880. The van der Waals surface area contributed by atoms with E-state index >= 15 is 4.39 Å². The fraction of sp³-hybridized carbons (Fsp3) is 0.298. The molecule has 0 saturated carbocycles. The number of aromatic nitrogens is 3. The Labute approximate surface area is 382 Å². The zero-order chi connectivity index (χ0) is 45.6. The summed E-state index contributed by atoms with van der Waals surface area (Å²) in [4.78, 5) is 80.7. The van der Waals surface area contributed by atoms with Gasteiger partial charge in [0.1, 0.15) is 17.7 Å². The van der Waals surface area contributed by atoms with E-state index in [1.54, 1.807) is 22.2 Å². The number of hydrogen-bond donors (Lipinski definition) is 2. The summed E-state index contributed by atoms with van der Waals surface area (Å²) in [5.74, 6) is -1.94. The van der Waals surface area contributed by atoms with Gasteiger partial charge in [0.2, 0.25) is 11.8 Å². The number of hydrogen-bond acceptors (Lipinski definition) is 11. The molecule has 4 aromatic carbocycles. The van der Waals surface area contributed by atoms with Crippen molar-refractivity contribution in [3.63, 3.8) is 0 Å². The molecule has 2 N–H and O–H groups in total. The summed E-state index contributed by atoms with van der Waals surface area (Å²) in [7, 11) is 1.84. The van der Waals surface area contributed by atoms with Crippen molar-refractivity contribution in [2.24, 2.45) is 7.05 Å². The molecule has 66 heavy (non-hydrogen) atoms. The molecule has 1 unspecified atom stereocenters. The highest BCUT2D eigenvalue weighted by Crippen LogP contribution is 2.37. The second-order valence-electron chi connectivity index (χ2n) is 16.8. The number of urea groups is 1. The van der Waals surface area contributed by atoms with Gasteiger partial charge in [0.25, 0.3) is 11.8 Å². The fourth-order valence-corrected chi connectivity index (χ4v) is 9.82. The zero-order valence-corrected chi connectivity index (χ0v) is 36.8. The number of rotatable bonds is 10. The molecule has 0 bridgehead atoms. The number of benzene rings is 4. The van der Waals surface area contributed by atoms with Gasteiger partial charge in [-0.25, -0.2) is 18.6 Å². The van der Waals surface area contributed by atoms with Crippen LogP contribution >= 0.6 is 11.3 Å². The van der Waals surface area contributed by atoms with Crippen LogP contribution < -0.4 is 25.3 Å². The number of carbonyl (C=O) groups excluding carboxylic acids is 5. The summed E-state index contributed by atoms with van der Waals surface area (Å²) < 4.78 is 32.0. The lowest BCUT2D eigenvalue weighted by atomic mass is 9.99. The van der Waals surface area contributed by atoms with E-state index in [0.29, 0.717) is 54.8 Å². The third kappa shape index (κ3) is 8.30. The summed E-state index contributed by atoms with van der Waals surface area (Å²) >= 11 is 1.20. The van der Waals surface area contributed by atoms with Gasteiger partial charge in [-0.15, -0.1) is 11.3 Å². The van der Waals surface area contributed by atoms with Gasteiger partial charge in [0, 0.05) is 112 Å². The molecule has 6 aromatic rings. The Kier molecular flexibility index (Phi) is 11.4. The number of carbonyl (C=O) groups is 5. The van der Waals surface area contributed by atoms with Crippen molar-refractivity contribution >= 4 is 74.2 Å². The van der Waals surface area contributed by atoms with Gasteiger partial charge < -0.3 is 19.6 Å². The number of anilines is 4. The van der Waals surface area contributed by atoms with Crippen LogP contribution in [0.15, 0.2) is 90.4 Å². The minimum Gasteiger partial charge on any atom is -0.369 e. The monoisotopic (exact) mass is 913 g/mol. The lowest BCUT2D eigenvalue weighted by molar-refractivity contribution is -0.132. The number of nitrogens with one attached hydrogen (secondary N) is 2. The molecule has 4 aliphatic heterocycles. The molecule has 338 valence electrons. The number of aryl methyl sites for hydroxylation is 1. The van der Waals surface area contributed by atoms with Crippen LogP contribution in [0.25, 0.3) is 22.0 Å². The average molecular weight is 914 g/mol. The first-order chi connectivity index (χ1) is 32.0. The van der Waals surface area contributed by atoms with Gasteiger partial charge in [0.15, 0.2) is 10.9 Å². The minimum atomic E-state index is -1.23. The van der Waals surface area contributed by atoms with Crippen LogP contribution in [0.1, 0.15) is 33.9 Å². The van der Waals surface area contributed by atoms with Crippen LogP contribution in [0.3, 0.4) is 0 Å². The lowest BCUT2D eigenvalue weighted by Crippen LogP contribution is -2.54. The quantitative estimate of drug-likeness (QED) is 0.187. The first-order valence-corrected chi connectivity index (χ1v) is 22.6. The van der Waals surface area contributed by atoms with Crippen molar-refractivity contribution < 1.29 is 32.8 Å². The molecule has 4 aliphatic rings. The van der Waals surface area contributed by atoms with E-state index in [0.717, 1.165) is 48.5 Å². The van der Waals surface area contributed by atoms with E-state index in [9.17, 15) is 28.4 Å². The summed E-state index contributed by atoms with van der Waals surface area (Å²) in [6.45, 7) is 5.88. The molecule has 16 nitrogen and oxygen atoms in total. The Hall–Kier alpha value is -7.25. The molecule has 3 saturated heterocycles. The predicted octanol–water partition coefficient (Wildman–Crippen LogP) is 5.23. The molecule has 0 radical (unpaired) electrons. The highest BCUT2D eigenvalue weighted by molar-refractivity contribution is 7.13. The average Bonchev–Trinajstić information content (AvgIpc) is 4.04. The molecular formula is C47H45F2N11O5S. The van der Waals surface area contributed by atoms with Crippen LogP contribution in [0.2, 0.25) is 0 Å². The second-order valence-corrected chi connectivity index (χ2v) is 17.7. The van der Waals surface area contributed by atoms with Gasteiger partial charge in [-0.2, -0.15) is 5.10 Å². The number of halogens is 2. The van der Waals surface area contributed by atoms with Gasteiger partial charge in [0.05, 0.1) is 18.6 Å². The molecule has 0 spiro atoms. The topological polar surface area (TPSA) is 160 Å². The number of thiazole rings is 1. The second kappa shape index (κ2) is 17.6. The molecular weight excluding hydrogens is 869 g/mol. The summed E-state index contributed by atoms with van der Waals surface area (Å²) in [6.07, 6.45) is 1.76. The molecule has 6 heterocycles. The van der Waals surface area contributed by atoms with Crippen LogP contribution in [0.4, 0.5) is 35.9 Å². The molecule has 0 aliphatic carbocycles. The van der Waals surface area contributed by atoms with Crippen molar-refractivity contribution in [1.29, 1.82) is 0 Å². The Morgan fingerprint density at radius 1 is 0.833 bits per heavy atom. The summed E-state index contributed by atoms with van der Waals surface area (Å²) in [6, 6.07) is 20.5. The highest BCUT2D eigenvalue weighted by Gasteiger charge is 2.40. The van der Waals surface area contributed by atoms with Crippen molar-refractivity contribution in [2.45, 2.75) is 19.0 Å². The predicted molar refractivity (Wildman–Crippen MR) is 245 cm³/mol. The Morgan fingerprint density at radius 2 is 1.58 bits per heavy atom. The largest absolute Gasteiger partial charge is 0.369 e. The van der Waals surface area contributed by atoms with Crippen molar-refractivity contribution in [3.05, 3.63) is 119 Å². The molecule has 10 rings (SSSR count). The third-order valence-corrected chi connectivity index (χ3v) is 13.5. The van der Waals surface area contributed by atoms with E-state index in [2.05, 4.69) is 41.5 Å². The van der Waals surface area contributed by atoms with Crippen molar-refractivity contribution in [3.8, 4) is 11.1 Å². The Morgan fingerprint density at radius 3 is 2.30 bits per heavy atom. The smallest absolute Gasteiger partial charge is 0.329 e. The first-order valence-electron chi connectivity index (χ1n) is 21.7. The number of fused-ring (bicyclic) bond motifs is 2. The first kappa shape index (κ1) is 42.7. The van der Waals surface area contributed by atoms with Gasteiger partial charge in [-0.05, 0) is 71.3 Å². The van der Waals surface area contributed by atoms with Crippen LogP contribution in [-0.4, -0.2) is 125 Å². The number of imide groups is 1. The molecule has 1 atom stereocenters. The minimum absolute atomic E-state index is 0.0971. The number of piperazine rings is 2.